The van der Waals surface area contributed by atoms with E-state index in [1.54, 1.807) is 6.92 Å². The van der Waals surface area contributed by atoms with Gasteiger partial charge in [0.05, 0.1) is 14.2 Å². The van der Waals surface area contributed by atoms with E-state index >= 15 is 0 Å². The molecule has 1 aromatic rings. The van der Waals surface area contributed by atoms with Gasteiger partial charge >= 0.3 is 5.97 Å². The fraction of sp³-hybridized carbons (Fsp3) is 0.364. The predicted octanol–water partition coefficient (Wildman–Crippen LogP) is 1.77. The number of hydrogen-bond donors (Lipinski definition) is 0. The van der Waals surface area contributed by atoms with Crippen LogP contribution in [0.25, 0.3) is 0 Å². The van der Waals surface area contributed by atoms with E-state index in [2.05, 4.69) is 4.74 Å². The summed E-state index contributed by atoms with van der Waals surface area (Å²) in [6.45, 7) is 1.54. The van der Waals surface area contributed by atoms with E-state index in [9.17, 15) is 9.18 Å². The van der Waals surface area contributed by atoms with Crippen molar-refractivity contribution in [1.82, 2.24) is 0 Å². The van der Waals surface area contributed by atoms with E-state index in [1.165, 1.54) is 32.4 Å². The smallest absolute Gasteiger partial charge is 0.346 e. The van der Waals surface area contributed by atoms with E-state index in [0.29, 0.717) is 5.75 Å². The third-order valence-electron chi connectivity index (χ3n) is 1.97. The Hall–Kier alpha value is -1.78. The van der Waals surface area contributed by atoms with Crippen LogP contribution in [0, 0.1) is 5.82 Å². The number of ether oxygens (including phenoxy) is 3. The zero-order valence-electron chi connectivity index (χ0n) is 9.32. The summed E-state index contributed by atoms with van der Waals surface area (Å²) in [6.07, 6.45) is -0.750. The van der Waals surface area contributed by atoms with Crippen LogP contribution in [-0.4, -0.2) is 26.3 Å². The monoisotopic (exact) mass is 228 g/mol. The average molecular weight is 228 g/mol. The van der Waals surface area contributed by atoms with E-state index in [0.717, 1.165) is 0 Å². The molecule has 0 aromatic heterocycles. The lowest BCUT2D eigenvalue weighted by Gasteiger charge is -2.13. The molecule has 0 bridgehead atoms. The topological polar surface area (TPSA) is 44.8 Å². The van der Waals surface area contributed by atoms with E-state index in [-0.39, 0.29) is 5.75 Å². The summed E-state index contributed by atoms with van der Waals surface area (Å²) in [6, 6.07) is 3.99. The molecular formula is C11H13FO4. The van der Waals surface area contributed by atoms with Gasteiger partial charge in [-0.1, -0.05) is 0 Å². The van der Waals surface area contributed by atoms with Gasteiger partial charge < -0.3 is 14.2 Å². The Balaban J connectivity index is 2.78. The lowest BCUT2D eigenvalue weighted by Crippen LogP contribution is -2.24. The Labute approximate surface area is 92.9 Å². The van der Waals surface area contributed by atoms with Gasteiger partial charge in [0, 0.05) is 6.07 Å². The van der Waals surface area contributed by atoms with Crippen molar-refractivity contribution < 1.29 is 23.4 Å². The van der Waals surface area contributed by atoms with Gasteiger partial charge in [-0.05, 0) is 19.1 Å². The number of esters is 1. The predicted molar refractivity (Wildman–Crippen MR) is 55.1 cm³/mol. The highest BCUT2D eigenvalue weighted by atomic mass is 19.1. The lowest BCUT2D eigenvalue weighted by atomic mass is 10.3. The lowest BCUT2D eigenvalue weighted by molar-refractivity contribution is -0.147. The molecule has 0 aliphatic rings. The van der Waals surface area contributed by atoms with Gasteiger partial charge in [-0.15, -0.1) is 0 Å². The summed E-state index contributed by atoms with van der Waals surface area (Å²) in [5, 5.41) is 0. The van der Waals surface area contributed by atoms with Crippen LogP contribution in [-0.2, 0) is 9.53 Å². The molecule has 0 radical (unpaired) electrons. The van der Waals surface area contributed by atoms with Crippen LogP contribution < -0.4 is 9.47 Å². The molecule has 4 nitrogen and oxygen atoms in total. The molecular weight excluding hydrogens is 215 g/mol. The quantitative estimate of drug-likeness (QED) is 0.737. The Kier molecular flexibility index (Phi) is 4.10. The van der Waals surface area contributed by atoms with Gasteiger partial charge in [0.25, 0.3) is 0 Å². The van der Waals surface area contributed by atoms with Gasteiger partial charge in [0.15, 0.2) is 17.7 Å². The molecule has 0 aliphatic heterocycles. The van der Waals surface area contributed by atoms with Crippen LogP contribution >= 0.6 is 0 Å². The number of carbonyl (C=O) groups excluding carboxylic acids is 1. The molecule has 0 heterocycles. The summed E-state index contributed by atoms with van der Waals surface area (Å²) in [7, 11) is 2.62. The fourth-order valence-electron chi connectivity index (χ4n) is 1.13. The van der Waals surface area contributed by atoms with Crippen molar-refractivity contribution in [2.75, 3.05) is 14.2 Å². The molecule has 0 aliphatic carbocycles. The summed E-state index contributed by atoms with van der Waals surface area (Å²) in [5.41, 5.74) is 0. The molecule has 0 saturated heterocycles. The number of carbonyl (C=O) groups is 1. The average Bonchev–Trinajstić information content (AvgIpc) is 2.30. The zero-order chi connectivity index (χ0) is 12.1. The third-order valence-corrected chi connectivity index (χ3v) is 1.97. The maximum absolute atomic E-state index is 13.1. The first-order valence-electron chi connectivity index (χ1n) is 4.66. The molecule has 0 fully saturated rings. The highest BCUT2D eigenvalue weighted by molar-refractivity contribution is 5.74. The van der Waals surface area contributed by atoms with E-state index in [1.807, 2.05) is 0 Å². The first-order valence-corrected chi connectivity index (χ1v) is 4.66. The summed E-state index contributed by atoms with van der Waals surface area (Å²) >= 11 is 0. The van der Waals surface area contributed by atoms with Crippen LogP contribution in [0.4, 0.5) is 4.39 Å². The highest BCUT2D eigenvalue weighted by Crippen LogP contribution is 2.23. The van der Waals surface area contributed by atoms with Crippen LogP contribution in [0.15, 0.2) is 18.2 Å². The van der Waals surface area contributed by atoms with Gasteiger partial charge in [0.2, 0.25) is 0 Å². The van der Waals surface area contributed by atoms with Gasteiger partial charge in [-0.3, -0.25) is 0 Å². The van der Waals surface area contributed by atoms with Crippen LogP contribution in [0.2, 0.25) is 0 Å². The molecule has 0 spiro atoms. The second-order valence-electron chi connectivity index (χ2n) is 3.08. The molecule has 1 rings (SSSR count). The first kappa shape index (κ1) is 12.3. The van der Waals surface area contributed by atoms with E-state index in [4.69, 9.17) is 9.47 Å². The van der Waals surface area contributed by atoms with Crippen molar-refractivity contribution in [2.24, 2.45) is 0 Å². The first-order chi connectivity index (χ1) is 7.58. The molecule has 88 valence electrons. The van der Waals surface area contributed by atoms with Gasteiger partial charge in [-0.25, -0.2) is 9.18 Å². The molecule has 0 amide bonds. The van der Waals surface area contributed by atoms with Crippen molar-refractivity contribution in [3.63, 3.8) is 0 Å². The van der Waals surface area contributed by atoms with Crippen molar-refractivity contribution in [3.05, 3.63) is 24.0 Å². The molecule has 0 saturated carbocycles. The molecule has 1 aromatic carbocycles. The van der Waals surface area contributed by atoms with Crippen LogP contribution in [0.5, 0.6) is 11.5 Å². The standard InChI is InChI=1S/C11H13FO4/c1-7(11(13)15-3)16-8-4-5-9(12)10(6-8)14-2/h4-7H,1-3H3. The normalized spacial score (nSPS) is 11.8. The summed E-state index contributed by atoms with van der Waals surface area (Å²) in [5.74, 6) is -0.574. The zero-order valence-corrected chi connectivity index (χ0v) is 9.32. The van der Waals surface area contributed by atoms with E-state index < -0.39 is 17.9 Å². The van der Waals surface area contributed by atoms with Gasteiger partial charge in [-0.2, -0.15) is 0 Å². The molecule has 5 heteroatoms. The molecule has 1 unspecified atom stereocenters. The minimum atomic E-state index is -0.750. The van der Waals surface area contributed by atoms with Crippen molar-refractivity contribution >= 4 is 5.97 Å². The largest absolute Gasteiger partial charge is 0.494 e. The number of rotatable bonds is 4. The van der Waals surface area contributed by atoms with Crippen molar-refractivity contribution in [1.29, 1.82) is 0 Å². The summed E-state index contributed by atoms with van der Waals surface area (Å²) < 4.78 is 27.6. The minimum absolute atomic E-state index is 0.0644. The summed E-state index contributed by atoms with van der Waals surface area (Å²) in [4.78, 5) is 11.1. The number of methoxy groups -OCH3 is 2. The highest BCUT2D eigenvalue weighted by Gasteiger charge is 2.15. The van der Waals surface area contributed by atoms with Crippen molar-refractivity contribution in [2.45, 2.75) is 13.0 Å². The maximum Gasteiger partial charge on any atom is 0.346 e. The number of halogens is 1. The third kappa shape index (κ3) is 2.85. The second kappa shape index (κ2) is 5.34. The number of hydrogen-bond acceptors (Lipinski definition) is 4. The second-order valence-corrected chi connectivity index (χ2v) is 3.08. The molecule has 0 N–H and O–H groups in total. The molecule has 16 heavy (non-hydrogen) atoms. The Morgan fingerprint density at radius 3 is 2.62 bits per heavy atom. The molecule has 1 atom stereocenters. The minimum Gasteiger partial charge on any atom is -0.494 e. The van der Waals surface area contributed by atoms with Crippen LogP contribution in [0.1, 0.15) is 6.92 Å². The fourth-order valence-corrected chi connectivity index (χ4v) is 1.13. The maximum atomic E-state index is 13.1. The number of benzene rings is 1. The Bertz CT molecular complexity index is 378. The Morgan fingerprint density at radius 1 is 1.38 bits per heavy atom. The van der Waals surface area contributed by atoms with Crippen LogP contribution in [0.3, 0.4) is 0 Å². The van der Waals surface area contributed by atoms with Gasteiger partial charge in [0.1, 0.15) is 5.75 Å². The SMILES string of the molecule is COC(=O)C(C)Oc1ccc(F)c(OC)c1. The Morgan fingerprint density at radius 2 is 2.06 bits per heavy atom. The van der Waals surface area contributed by atoms with Crippen molar-refractivity contribution in [3.8, 4) is 11.5 Å².